The van der Waals surface area contributed by atoms with E-state index in [0.717, 1.165) is 44.8 Å². The maximum atomic E-state index is 11.9. The third-order valence-electron chi connectivity index (χ3n) is 3.39. The molecule has 1 amide bonds. The number of carbonyl (C=O) groups is 1. The third-order valence-corrected chi connectivity index (χ3v) is 3.39. The average molecular weight is 265 g/mol. The summed E-state index contributed by atoms with van der Waals surface area (Å²) < 4.78 is 5.28. The van der Waals surface area contributed by atoms with Crippen LogP contribution in [0.3, 0.4) is 0 Å². The Labute approximate surface area is 114 Å². The highest BCUT2D eigenvalue weighted by Crippen LogP contribution is 2.05. The van der Waals surface area contributed by atoms with Crippen LogP contribution >= 0.6 is 0 Å². The molecular weight excluding hydrogens is 242 g/mol. The summed E-state index contributed by atoms with van der Waals surface area (Å²) in [7, 11) is 0. The predicted octanol–water partition coefficient (Wildman–Crippen LogP) is 0.622. The van der Waals surface area contributed by atoms with E-state index in [1.54, 1.807) is 6.26 Å². The number of furan rings is 1. The van der Waals surface area contributed by atoms with E-state index in [-0.39, 0.29) is 11.9 Å². The summed E-state index contributed by atoms with van der Waals surface area (Å²) in [5, 5.41) is 6.33. The van der Waals surface area contributed by atoms with Crippen molar-refractivity contribution >= 4 is 5.91 Å². The van der Waals surface area contributed by atoms with Crippen molar-refractivity contribution in [2.45, 2.75) is 25.8 Å². The van der Waals surface area contributed by atoms with Gasteiger partial charge in [0.15, 0.2) is 0 Å². The number of rotatable bonds is 6. The van der Waals surface area contributed by atoms with Gasteiger partial charge in [0.1, 0.15) is 5.76 Å². The zero-order valence-corrected chi connectivity index (χ0v) is 11.5. The van der Waals surface area contributed by atoms with Crippen LogP contribution in [0.25, 0.3) is 0 Å². The van der Waals surface area contributed by atoms with Gasteiger partial charge in [0, 0.05) is 38.6 Å². The van der Waals surface area contributed by atoms with E-state index in [4.69, 9.17) is 4.42 Å². The lowest BCUT2D eigenvalue weighted by Gasteiger charge is -2.27. The van der Waals surface area contributed by atoms with Gasteiger partial charge in [-0.05, 0) is 25.5 Å². The molecule has 1 atom stereocenters. The Morgan fingerprint density at radius 1 is 1.53 bits per heavy atom. The zero-order valence-electron chi connectivity index (χ0n) is 11.5. The average Bonchev–Trinajstić information content (AvgIpc) is 2.90. The summed E-state index contributed by atoms with van der Waals surface area (Å²) in [4.78, 5) is 14.1. The number of aryl methyl sites for hydroxylation is 1. The van der Waals surface area contributed by atoms with Crippen molar-refractivity contribution < 1.29 is 9.21 Å². The zero-order chi connectivity index (χ0) is 13.5. The van der Waals surface area contributed by atoms with Crippen molar-refractivity contribution in [2.24, 2.45) is 0 Å². The van der Waals surface area contributed by atoms with E-state index < -0.39 is 0 Å². The van der Waals surface area contributed by atoms with Crippen LogP contribution in [0.5, 0.6) is 0 Å². The molecule has 0 aromatic carbocycles. The number of hydrogen-bond acceptors (Lipinski definition) is 4. The fourth-order valence-corrected chi connectivity index (χ4v) is 2.28. The number of amides is 1. The van der Waals surface area contributed by atoms with Crippen molar-refractivity contribution in [2.75, 3.05) is 32.7 Å². The Morgan fingerprint density at radius 3 is 3.00 bits per heavy atom. The molecule has 0 saturated carbocycles. The van der Waals surface area contributed by atoms with Crippen LogP contribution in [-0.4, -0.2) is 49.6 Å². The lowest BCUT2D eigenvalue weighted by Crippen LogP contribution is -2.48. The molecule has 5 nitrogen and oxygen atoms in total. The molecule has 1 aliphatic rings. The Bertz CT molecular complexity index is 372. The van der Waals surface area contributed by atoms with Crippen molar-refractivity contribution in [3.8, 4) is 0 Å². The van der Waals surface area contributed by atoms with Gasteiger partial charge >= 0.3 is 0 Å². The van der Waals surface area contributed by atoms with Crippen LogP contribution in [0, 0.1) is 0 Å². The van der Waals surface area contributed by atoms with Gasteiger partial charge in [0.2, 0.25) is 5.91 Å². The van der Waals surface area contributed by atoms with Crippen molar-refractivity contribution in [3.63, 3.8) is 0 Å². The first-order valence-corrected chi connectivity index (χ1v) is 6.99. The first-order valence-electron chi connectivity index (χ1n) is 6.99. The normalized spacial score (nSPS) is 18.2. The fraction of sp³-hybridized carbons (Fsp3) is 0.643. The third kappa shape index (κ3) is 5.04. The van der Waals surface area contributed by atoms with Gasteiger partial charge in [0.05, 0.1) is 12.8 Å². The highest BCUT2D eigenvalue weighted by atomic mass is 16.3. The molecule has 106 valence electrons. The molecule has 0 spiro atoms. The topological polar surface area (TPSA) is 57.5 Å². The highest BCUT2D eigenvalue weighted by molar-refractivity contribution is 5.78. The smallest absolute Gasteiger partial charge is 0.234 e. The second-order valence-electron chi connectivity index (χ2n) is 5.11. The molecule has 5 heteroatoms. The van der Waals surface area contributed by atoms with Crippen LogP contribution in [0.15, 0.2) is 22.8 Å². The summed E-state index contributed by atoms with van der Waals surface area (Å²) >= 11 is 0. The number of hydrogen-bond donors (Lipinski definition) is 2. The van der Waals surface area contributed by atoms with Gasteiger partial charge in [-0.1, -0.05) is 0 Å². The van der Waals surface area contributed by atoms with E-state index >= 15 is 0 Å². The molecule has 0 aliphatic carbocycles. The van der Waals surface area contributed by atoms with Crippen LogP contribution in [0.2, 0.25) is 0 Å². The van der Waals surface area contributed by atoms with Crippen LogP contribution in [0.4, 0.5) is 0 Å². The van der Waals surface area contributed by atoms with Gasteiger partial charge in [-0.25, -0.2) is 0 Å². The van der Waals surface area contributed by atoms with Crippen LogP contribution in [-0.2, 0) is 11.2 Å². The number of nitrogens with one attached hydrogen (secondary N) is 2. The van der Waals surface area contributed by atoms with Gasteiger partial charge in [-0.15, -0.1) is 0 Å². The summed E-state index contributed by atoms with van der Waals surface area (Å²) in [6, 6.07) is 4.04. The summed E-state index contributed by atoms with van der Waals surface area (Å²) in [5.41, 5.74) is 0. The van der Waals surface area contributed by atoms with E-state index in [9.17, 15) is 4.79 Å². The number of nitrogens with zero attached hydrogens (tertiary/aromatic N) is 1. The molecule has 19 heavy (non-hydrogen) atoms. The molecule has 0 bridgehead atoms. The molecule has 1 unspecified atom stereocenters. The first-order chi connectivity index (χ1) is 9.24. The lowest BCUT2D eigenvalue weighted by molar-refractivity contribution is -0.123. The van der Waals surface area contributed by atoms with Gasteiger partial charge in [-0.2, -0.15) is 0 Å². The predicted molar refractivity (Wildman–Crippen MR) is 73.9 cm³/mol. The number of carbonyl (C=O) groups excluding carboxylic acids is 1. The summed E-state index contributed by atoms with van der Waals surface area (Å²) in [5.74, 6) is 1.09. The molecular formula is C14H23N3O2. The van der Waals surface area contributed by atoms with Crippen molar-refractivity contribution in [3.05, 3.63) is 24.2 Å². The molecule has 1 aliphatic heterocycles. The maximum absolute atomic E-state index is 11.9. The van der Waals surface area contributed by atoms with E-state index in [1.165, 1.54) is 0 Å². The Kier molecular flexibility index (Phi) is 5.42. The van der Waals surface area contributed by atoms with Gasteiger partial charge in [-0.3, -0.25) is 9.69 Å². The van der Waals surface area contributed by atoms with Crippen molar-refractivity contribution in [1.82, 2.24) is 15.5 Å². The second-order valence-corrected chi connectivity index (χ2v) is 5.11. The molecule has 1 aromatic heterocycles. The Balaban J connectivity index is 1.63. The monoisotopic (exact) mass is 265 g/mol. The highest BCUT2D eigenvalue weighted by Gasteiger charge is 2.14. The van der Waals surface area contributed by atoms with E-state index in [0.29, 0.717) is 6.54 Å². The molecule has 2 rings (SSSR count). The first kappa shape index (κ1) is 14.1. The molecule has 1 saturated heterocycles. The SMILES string of the molecule is CC(CCc1ccco1)NC(=O)CN1CCNCC1. The molecule has 2 heterocycles. The van der Waals surface area contributed by atoms with Gasteiger partial charge < -0.3 is 15.1 Å². The largest absolute Gasteiger partial charge is 0.469 e. The Morgan fingerprint density at radius 2 is 2.32 bits per heavy atom. The second kappa shape index (κ2) is 7.31. The minimum absolute atomic E-state index is 0.119. The molecule has 1 aromatic rings. The quantitative estimate of drug-likeness (QED) is 0.792. The standard InChI is InChI=1S/C14H23N3O2/c1-12(4-5-13-3-2-10-19-13)16-14(18)11-17-8-6-15-7-9-17/h2-3,10,12,15H,4-9,11H2,1H3,(H,16,18). The van der Waals surface area contributed by atoms with Crippen LogP contribution < -0.4 is 10.6 Å². The van der Waals surface area contributed by atoms with Gasteiger partial charge in [0.25, 0.3) is 0 Å². The lowest BCUT2D eigenvalue weighted by atomic mass is 10.1. The number of piperazine rings is 1. The Hall–Kier alpha value is -1.33. The minimum atomic E-state index is 0.119. The van der Waals surface area contributed by atoms with Crippen LogP contribution in [0.1, 0.15) is 19.1 Å². The minimum Gasteiger partial charge on any atom is -0.469 e. The molecule has 0 radical (unpaired) electrons. The molecule has 1 fully saturated rings. The maximum Gasteiger partial charge on any atom is 0.234 e. The fourth-order valence-electron chi connectivity index (χ4n) is 2.28. The van der Waals surface area contributed by atoms with E-state index in [2.05, 4.69) is 15.5 Å². The summed E-state index contributed by atoms with van der Waals surface area (Å²) in [6.07, 6.45) is 3.45. The van der Waals surface area contributed by atoms with E-state index in [1.807, 2.05) is 19.1 Å². The molecule has 2 N–H and O–H groups in total. The van der Waals surface area contributed by atoms with Crippen molar-refractivity contribution in [1.29, 1.82) is 0 Å². The summed E-state index contributed by atoms with van der Waals surface area (Å²) in [6.45, 7) is 6.40.